The largest absolute Gasteiger partial charge is 0.359 e. The fourth-order valence-corrected chi connectivity index (χ4v) is 1.25. The summed E-state index contributed by atoms with van der Waals surface area (Å²) in [6.45, 7) is 0. The Balaban J connectivity index is 2.66. The molecule has 2 amide bonds. The van der Waals surface area contributed by atoms with Gasteiger partial charge in [0.05, 0.1) is 0 Å². The average molecular weight is 251 g/mol. The lowest BCUT2D eigenvalue weighted by Gasteiger charge is -2.03. The second-order valence-electron chi connectivity index (χ2n) is 3.18. The molecular weight excluding hydrogens is 240 g/mol. The lowest BCUT2D eigenvalue weighted by molar-refractivity contribution is -0.116. The van der Waals surface area contributed by atoms with Crippen LogP contribution in [0, 0.1) is 11.8 Å². The highest BCUT2D eigenvalue weighted by atomic mass is 35.5. The van der Waals surface area contributed by atoms with Crippen LogP contribution in [0.3, 0.4) is 0 Å². The Bertz CT molecular complexity index is 472. The van der Waals surface area contributed by atoms with Gasteiger partial charge in [0.2, 0.25) is 5.91 Å². The number of hydrogen-bond acceptors (Lipinski definition) is 2. The Morgan fingerprint density at radius 3 is 2.47 bits per heavy atom. The summed E-state index contributed by atoms with van der Waals surface area (Å²) in [5.41, 5.74) is 6.20. The summed E-state index contributed by atoms with van der Waals surface area (Å²) in [7, 11) is 0. The van der Waals surface area contributed by atoms with Crippen molar-refractivity contribution in [3.63, 3.8) is 0 Å². The second-order valence-corrected chi connectivity index (χ2v) is 3.56. The first-order valence-corrected chi connectivity index (χ1v) is 5.42. The molecule has 0 unspecified atom stereocenters. The smallest absolute Gasteiger partial charge is 0.293 e. The molecule has 0 heterocycles. The number of rotatable bonds is 3. The Kier molecular flexibility index (Phi) is 5.05. The Hall–Kier alpha value is -1.99. The van der Waals surface area contributed by atoms with Gasteiger partial charge >= 0.3 is 0 Å². The van der Waals surface area contributed by atoms with E-state index in [1.54, 1.807) is 24.3 Å². The molecule has 88 valence electrons. The van der Waals surface area contributed by atoms with Gasteiger partial charge in [-0.25, -0.2) is 0 Å². The van der Waals surface area contributed by atoms with Crippen LogP contribution in [-0.2, 0) is 9.59 Å². The van der Waals surface area contributed by atoms with E-state index in [4.69, 9.17) is 17.3 Å². The third-order valence-electron chi connectivity index (χ3n) is 1.82. The molecule has 1 aromatic carbocycles. The van der Waals surface area contributed by atoms with Gasteiger partial charge in [-0.3, -0.25) is 9.59 Å². The van der Waals surface area contributed by atoms with Crippen molar-refractivity contribution < 1.29 is 9.59 Å². The van der Waals surface area contributed by atoms with Gasteiger partial charge in [-0.15, -0.1) is 11.6 Å². The van der Waals surface area contributed by atoms with Crippen LogP contribution in [0.15, 0.2) is 24.3 Å². The first-order valence-electron chi connectivity index (χ1n) is 4.89. The molecule has 0 fully saturated rings. The Labute approximate surface area is 104 Å². The molecule has 1 rings (SSSR count). The SMILES string of the molecule is NC(=O)C#Cc1ccc(NC(=O)CCCl)cc1. The number of amides is 2. The van der Waals surface area contributed by atoms with Crippen LogP contribution in [0.2, 0.25) is 0 Å². The van der Waals surface area contributed by atoms with Crippen molar-refractivity contribution >= 4 is 29.1 Å². The number of alkyl halides is 1. The van der Waals surface area contributed by atoms with Crippen molar-refractivity contribution in [1.29, 1.82) is 0 Å². The maximum Gasteiger partial charge on any atom is 0.293 e. The monoisotopic (exact) mass is 250 g/mol. The number of nitrogens with one attached hydrogen (secondary N) is 1. The van der Waals surface area contributed by atoms with Crippen LogP contribution in [0.1, 0.15) is 12.0 Å². The molecule has 4 nitrogen and oxygen atoms in total. The number of halogens is 1. The number of carbonyl (C=O) groups excluding carboxylic acids is 2. The topological polar surface area (TPSA) is 72.2 Å². The molecule has 3 N–H and O–H groups in total. The molecule has 0 saturated heterocycles. The minimum Gasteiger partial charge on any atom is -0.359 e. The van der Waals surface area contributed by atoms with Crippen molar-refractivity contribution in [2.45, 2.75) is 6.42 Å². The third kappa shape index (κ3) is 5.05. The van der Waals surface area contributed by atoms with E-state index in [0.29, 0.717) is 11.3 Å². The number of anilines is 1. The van der Waals surface area contributed by atoms with Gasteiger partial charge in [-0.05, 0) is 30.2 Å². The van der Waals surface area contributed by atoms with E-state index in [-0.39, 0.29) is 18.2 Å². The zero-order valence-electron chi connectivity index (χ0n) is 9.00. The highest BCUT2D eigenvalue weighted by Gasteiger charge is 2.00. The van der Waals surface area contributed by atoms with Crippen LogP contribution < -0.4 is 11.1 Å². The number of nitrogens with two attached hydrogens (primary N) is 1. The molecule has 0 atom stereocenters. The summed E-state index contributed by atoms with van der Waals surface area (Å²) in [5.74, 6) is 4.28. The van der Waals surface area contributed by atoms with Gasteiger partial charge in [0, 0.05) is 23.6 Å². The predicted molar refractivity (Wildman–Crippen MR) is 66.5 cm³/mol. The molecule has 1 aromatic rings. The summed E-state index contributed by atoms with van der Waals surface area (Å²) in [6.07, 6.45) is 0.269. The molecule has 0 aliphatic heterocycles. The van der Waals surface area contributed by atoms with Crippen LogP contribution in [0.25, 0.3) is 0 Å². The van der Waals surface area contributed by atoms with Gasteiger partial charge in [0.15, 0.2) is 0 Å². The third-order valence-corrected chi connectivity index (χ3v) is 2.01. The van der Waals surface area contributed by atoms with Crippen LogP contribution in [-0.4, -0.2) is 17.7 Å². The van der Waals surface area contributed by atoms with Crippen molar-refractivity contribution in [1.82, 2.24) is 0 Å². The predicted octanol–water partition coefficient (Wildman–Crippen LogP) is 1.09. The quantitative estimate of drug-likeness (QED) is 0.623. The zero-order valence-corrected chi connectivity index (χ0v) is 9.75. The Morgan fingerprint density at radius 2 is 1.94 bits per heavy atom. The molecule has 0 spiro atoms. The van der Waals surface area contributed by atoms with Gasteiger partial charge < -0.3 is 11.1 Å². The van der Waals surface area contributed by atoms with Crippen molar-refractivity contribution in [3.8, 4) is 11.8 Å². The molecule has 0 radical (unpaired) electrons. The lowest BCUT2D eigenvalue weighted by Crippen LogP contribution is -2.11. The average Bonchev–Trinajstić information content (AvgIpc) is 2.28. The molecule has 17 heavy (non-hydrogen) atoms. The Morgan fingerprint density at radius 1 is 1.29 bits per heavy atom. The summed E-state index contributed by atoms with van der Waals surface area (Å²) in [5, 5.41) is 2.67. The van der Waals surface area contributed by atoms with Gasteiger partial charge in [-0.1, -0.05) is 5.92 Å². The van der Waals surface area contributed by atoms with Crippen molar-refractivity contribution in [2.75, 3.05) is 11.2 Å². The lowest BCUT2D eigenvalue weighted by atomic mass is 10.2. The first kappa shape index (κ1) is 13.1. The van der Waals surface area contributed by atoms with E-state index >= 15 is 0 Å². The minimum absolute atomic E-state index is 0.143. The first-order chi connectivity index (χ1) is 8.11. The van der Waals surface area contributed by atoms with Crippen LogP contribution in [0.4, 0.5) is 5.69 Å². The van der Waals surface area contributed by atoms with E-state index in [2.05, 4.69) is 17.2 Å². The highest BCUT2D eigenvalue weighted by Crippen LogP contribution is 2.09. The number of primary amides is 1. The number of benzene rings is 1. The van der Waals surface area contributed by atoms with E-state index < -0.39 is 5.91 Å². The molecule has 0 aliphatic rings. The van der Waals surface area contributed by atoms with E-state index in [0.717, 1.165) is 0 Å². The summed E-state index contributed by atoms with van der Waals surface area (Å²) in [6, 6.07) is 6.76. The van der Waals surface area contributed by atoms with E-state index in [9.17, 15) is 9.59 Å². The summed E-state index contributed by atoms with van der Waals surface area (Å²) < 4.78 is 0. The van der Waals surface area contributed by atoms with Gasteiger partial charge in [0.25, 0.3) is 5.91 Å². The molecule has 0 saturated carbocycles. The molecular formula is C12H11ClN2O2. The van der Waals surface area contributed by atoms with Gasteiger partial charge in [-0.2, -0.15) is 0 Å². The van der Waals surface area contributed by atoms with Crippen LogP contribution >= 0.6 is 11.6 Å². The molecule has 0 aromatic heterocycles. The maximum absolute atomic E-state index is 11.2. The fraction of sp³-hybridized carbons (Fsp3) is 0.167. The molecule has 5 heteroatoms. The second kappa shape index (κ2) is 6.56. The zero-order chi connectivity index (χ0) is 12.7. The van der Waals surface area contributed by atoms with E-state index in [1.165, 1.54) is 0 Å². The van der Waals surface area contributed by atoms with Crippen LogP contribution in [0.5, 0.6) is 0 Å². The van der Waals surface area contributed by atoms with Crippen molar-refractivity contribution in [2.24, 2.45) is 5.73 Å². The normalized spacial score (nSPS) is 9.00. The fourth-order valence-electron chi connectivity index (χ4n) is 1.08. The number of hydrogen-bond donors (Lipinski definition) is 2. The van der Waals surface area contributed by atoms with Crippen molar-refractivity contribution in [3.05, 3.63) is 29.8 Å². The standard InChI is InChI=1S/C12H11ClN2O2/c13-8-7-12(17)15-10-4-1-9(2-5-10)3-6-11(14)16/h1-2,4-5H,7-8H2,(H2,14,16)(H,15,17). The minimum atomic E-state index is -0.676. The van der Waals surface area contributed by atoms with E-state index in [1.807, 2.05) is 0 Å². The maximum atomic E-state index is 11.2. The summed E-state index contributed by atoms with van der Waals surface area (Å²) in [4.78, 5) is 21.7. The summed E-state index contributed by atoms with van der Waals surface area (Å²) >= 11 is 5.44. The van der Waals surface area contributed by atoms with Gasteiger partial charge in [0.1, 0.15) is 0 Å². The molecule has 0 aliphatic carbocycles. The number of carbonyl (C=O) groups is 2. The molecule has 0 bridgehead atoms. The highest BCUT2D eigenvalue weighted by molar-refractivity contribution is 6.19.